The van der Waals surface area contributed by atoms with Gasteiger partial charge in [0.15, 0.2) is 0 Å². The zero-order valence-electron chi connectivity index (χ0n) is 8.21. The lowest BCUT2D eigenvalue weighted by molar-refractivity contribution is 0.243. The van der Waals surface area contributed by atoms with E-state index in [1.165, 1.54) is 12.8 Å². The zero-order chi connectivity index (χ0) is 10.8. The Labute approximate surface area is 103 Å². The van der Waals surface area contributed by atoms with E-state index in [1.807, 2.05) is 18.2 Å². The molecule has 15 heavy (non-hydrogen) atoms. The van der Waals surface area contributed by atoms with Gasteiger partial charge in [0.25, 0.3) is 0 Å². The molecule has 2 nitrogen and oxygen atoms in total. The van der Waals surface area contributed by atoms with Gasteiger partial charge in [-0.1, -0.05) is 27.5 Å². The van der Waals surface area contributed by atoms with Gasteiger partial charge in [0.2, 0.25) is 0 Å². The van der Waals surface area contributed by atoms with Gasteiger partial charge < -0.3 is 10.4 Å². The highest BCUT2D eigenvalue weighted by molar-refractivity contribution is 9.10. The van der Waals surface area contributed by atoms with Crippen LogP contribution < -0.4 is 5.32 Å². The highest BCUT2D eigenvalue weighted by Gasteiger charge is 2.25. The van der Waals surface area contributed by atoms with Crippen molar-refractivity contribution in [3.8, 4) is 0 Å². The molecule has 1 aliphatic carbocycles. The fourth-order valence-electron chi connectivity index (χ4n) is 1.56. The number of hydrogen-bond donors (Lipinski definition) is 2. The van der Waals surface area contributed by atoms with E-state index in [1.54, 1.807) is 0 Å². The summed E-state index contributed by atoms with van der Waals surface area (Å²) in [7, 11) is 0. The predicted octanol–water partition coefficient (Wildman–Crippen LogP) is 2.89. The molecule has 1 atom stereocenters. The average Bonchev–Trinajstić information content (AvgIpc) is 3.02. The van der Waals surface area contributed by atoms with Crippen LogP contribution in [0.5, 0.6) is 0 Å². The third-order valence-corrected chi connectivity index (χ3v) is 3.37. The van der Waals surface area contributed by atoms with Crippen LogP contribution in [0, 0.1) is 0 Å². The first kappa shape index (κ1) is 11.4. The fourth-order valence-corrected chi connectivity index (χ4v) is 2.19. The van der Waals surface area contributed by atoms with Crippen molar-refractivity contribution in [3.05, 3.63) is 33.3 Å². The number of aliphatic hydroxyl groups excluding tert-OH is 1. The number of aliphatic hydroxyl groups is 1. The van der Waals surface area contributed by atoms with E-state index >= 15 is 0 Å². The van der Waals surface area contributed by atoms with Gasteiger partial charge in [-0.25, -0.2) is 0 Å². The van der Waals surface area contributed by atoms with E-state index in [-0.39, 0.29) is 12.6 Å². The van der Waals surface area contributed by atoms with Gasteiger partial charge in [-0.2, -0.15) is 0 Å². The molecule has 4 heteroatoms. The van der Waals surface area contributed by atoms with E-state index in [2.05, 4.69) is 21.2 Å². The van der Waals surface area contributed by atoms with Crippen molar-refractivity contribution in [3.63, 3.8) is 0 Å². The van der Waals surface area contributed by atoms with Crippen LogP contribution in [0.15, 0.2) is 22.7 Å². The van der Waals surface area contributed by atoms with Crippen molar-refractivity contribution < 1.29 is 5.11 Å². The Balaban J connectivity index is 2.19. The van der Waals surface area contributed by atoms with Crippen LogP contribution >= 0.6 is 27.5 Å². The summed E-state index contributed by atoms with van der Waals surface area (Å²) < 4.78 is 0.984. The number of benzene rings is 1. The molecule has 1 fully saturated rings. The average molecular weight is 291 g/mol. The van der Waals surface area contributed by atoms with E-state index in [0.29, 0.717) is 11.1 Å². The second kappa shape index (κ2) is 4.83. The Bertz CT molecular complexity index is 354. The summed E-state index contributed by atoms with van der Waals surface area (Å²) >= 11 is 9.51. The zero-order valence-corrected chi connectivity index (χ0v) is 10.6. The quantitative estimate of drug-likeness (QED) is 0.894. The summed E-state index contributed by atoms with van der Waals surface area (Å²) in [6, 6.07) is 6.20. The normalized spacial score (nSPS) is 17.8. The molecule has 1 unspecified atom stereocenters. The molecule has 2 rings (SSSR count). The first-order valence-corrected chi connectivity index (χ1v) is 6.19. The molecule has 1 aromatic rings. The summed E-state index contributed by atoms with van der Waals surface area (Å²) in [5.41, 5.74) is 0.959. The summed E-state index contributed by atoms with van der Waals surface area (Å²) in [5.74, 6) is 0. The minimum Gasteiger partial charge on any atom is -0.394 e. The molecule has 82 valence electrons. The van der Waals surface area contributed by atoms with Gasteiger partial charge >= 0.3 is 0 Å². The molecule has 2 N–H and O–H groups in total. The molecule has 0 spiro atoms. The lowest BCUT2D eigenvalue weighted by atomic mass is 10.1. The van der Waals surface area contributed by atoms with Crippen LogP contribution in [0.25, 0.3) is 0 Å². The fraction of sp³-hybridized carbons (Fsp3) is 0.455. The van der Waals surface area contributed by atoms with Gasteiger partial charge in [0, 0.05) is 15.5 Å². The van der Waals surface area contributed by atoms with Gasteiger partial charge in [0.05, 0.1) is 12.6 Å². The van der Waals surface area contributed by atoms with E-state index in [9.17, 15) is 5.11 Å². The summed E-state index contributed by atoms with van der Waals surface area (Å²) in [5, 5.41) is 13.4. The summed E-state index contributed by atoms with van der Waals surface area (Å²) in [6.07, 6.45) is 2.39. The number of halogens is 2. The minimum absolute atomic E-state index is 0.0532. The molecule has 0 radical (unpaired) electrons. The van der Waals surface area contributed by atoms with Crippen molar-refractivity contribution in [1.29, 1.82) is 0 Å². The molecule has 1 aliphatic rings. The van der Waals surface area contributed by atoms with E-state index in [0.717, 1.165) is 10.0 Å². The lowest BCUT2D eigenvalue weighted by Gasteiger charge is -2.17. The van der Waals surface area contributed by atoms with Gasteiger partial charge in [-0.15, -0.1) is 0 Å². The Kier molecular flexibility index (Phi) is 3.67. The van der Waals surface area contributed by atoms with Crippen LogP contribution in [0.2, 0.25) is 5.02 Å². The topological polar surface area (TPSA) is 32.3 Å². The molecule has 1 aromatic carbocycles. The molecule has 1 saturated carbocycles. The Morgan fingerprint density at radius 2 is 2.27 bits per heavy atom. The van der Waals surface area contributed by atoms with Crippen LogP contribution in [0.3, 0.4) is 0 Å². The highest BCUT2D eigenvalue weighted by atomic mass is 79.9. The molecule has 0 aliphatic heterocycles. The van der Waals surface area contributed by atoms with Crippen molar-refractivity contribution in [2.24, 2.45) is 0 Å². The first-order valence-electron chi connectivity index (χ1n) is 5.02. The minimum atomic E-state index is -0.0532. The monoisotopic (exact) mass is 289 g/mol. The maximum Gasteiger partial charge on any atom is 0.0627 e. The SMILES string of the molecule is OCC(NC1CC1)c1cc(Br)ccc1Cl. The number of rotatable bonds is 4. The maximum atomic E-state index is 9.34. The molecular weight excluding hydrogens is 277 g/mol. The Hall–Kier alpha value is -0.0900. The molecular formula is C11H13BrClNO. The van der Waals surface area contributed by atoms with Crippen molar-refractivity contribution >= 4 is 27.5 Å². The second-order valence-corrected chi connectivity index (χ2v) is 5.16. The smallest absolute Gasteiger partial charge is 0.0627 e. The molecule has 0 heterocycles. The van der Waals surface area contributed by atoms with Crippen LogP contribution in [0.4, 0.5) is 0 Å². The van der Waals surface area contributed by atoms with Crippen molar-refractivity contribution in [1.82, 2.24) is 5.32 Å². The molecule has 0 aromatic heterocycles. The third kappa shape index (κ3) is 2.94. The van der Waals surface area contributed by atoms with Gasteiger partial charge in [-0.3, -0.25) is 0 Å². The molecule has 0 saturated heterocycles. The highest BCUT2D eigenvalue weighted by Crippen LogP contribution is 2.29. The largest absolute Gasteiger partial charge is 0.394 e. The molecule has 0 amide bonds. The van der Waals surface area contributed by atoms with Crippen molar-refractivity contribution in [2.75, 3.05) is 6.61 Å². The summed E-state index contributed by atoms with van der Waals surface area (Å²) in [6.45, 7) is 0.0761. The van der Waals surface area contributed by atoms with Gasteiger partial charge in [-0.05, 0) is 36.6 Å². The summed E-state index contributed by atoms with van der Waals surface area (Å²) in [4.78, 5) is 0. The van der Waals surface area contributed by atoms with Crippen LogP contribution in [-0.2, 0) is 0 Å². The van der Waals surface area contributed by atoms with Gasteiger partial charge in [0.1, 0.15) is 0 Å². The predicted molar refractivity (Wildman–Crippen MR) is 65.1 cm³/mol. The Morgan fingerprint density at radius 3 is 2.87 bits per heavy atom. The lowest BCUT2D eigenvalue weighted by Crippen LogP contribution is -2.26. The number of nitrogens with one attached hydrogen (secondary N) is 1. The third-order valence-electron chi connectivity index (χ3n) is 2.53. The van der Waals surface area contributed by atoms with E-state index in [4.69, 9.17) is 11.6 Å². The maximum absolute atomic E-state index is 9.34. The van der Waals surface area contributed by atoms with Crippen molar-refractivity contribution in [2.45, 2.75) is 24.9 Å². The van der Waals surface area contributed by atoms with Crippen LogP contribution in [-0.4, -0.2) is 17.8 Å². The van der Waals surface area contributed by atoms with Crippen LogP contribution in [0.1, 0.15) is 24.4 Å². The second-order valence-electron chi connectivity index (χ2n) is 3.84. The number of hydrogen-bond acceptors (Lipinski definition) is 2. The molecule has 0 bridgehead atoms. The first-order chi connectivity index (χ1) is 7.20. The standard InChI is InChI=1S/C11H13BrClNO/c12-7-1-4-10(13)9(5-7)11(6-15)14-8-2-3-8/h1,4-5,8,11,14-15H,2-3,6H2. The Morgan fingerprint density at radius 1 is 1.53 bits per heavy atom. The van der Waals surface area contributed by atoms with E-state index < -0.39 is 0 Å².